The number of carbonyl (C=O) groups excluding carboxylic acids is 1. The zero-order chi connectivity index (χ0) is 16.4. The van der Waals surface area contributed by atoms with Crippen LogP contribution in [0.25, 0.3) is 0 Å². The van der Waals surface area contributed by atoms with Gasteiger partial charge in [0.15, 0.2) is 5.69 Å². The number of halogens is 1. The van der Waals surface area contributed by atoms with Crippen LogP contribution >= 0.6 is 12.4 Å². The van der Waals surface area contributed by atoms with Crippen LogP contribution in [0.15, 0.2) is 30.3 Å². The van der Waals surface area contributed by atoms with Crippen molar-refractivity contribution in [1.29, 1.82) is 0 Å². The Morgan fingerprint density at radius 2 is 1.88 bits per heavy atom. The van der Waals surface area contributed by atoms with Crippen molar-refractivity contribution in [2.75, 3.05) is 6.54 Å². The molecule has 5 nitrogen and oxygen atoms in total. The molecular formula is C19H25ClN4O. The predicted molar refractivity (Wildman–Crippen MR) is 100 cm³/mol. The highest BCUT2D eigenvalue weighted by molar-refractivity contribution is 5.94. The maximum atomic E-state index is 12.6. The van der Waals surface area contributed by atoms with Gasteiger partial charge in [0.05, 0.1) is 0 Å². The summed E-state index contributed by atoms with van der Waals surface area (Å²) in [5.74, 6) is 0.598. The molecule has 0 radical (unpaired) electrons. The van der Waals surface area contributed by atoms with Gasteiger partial charge in [-0.05, 0) is 37.2 Å². The maximum absolute atomic E-state index is 12.6. The highest BCUT2D eigenvalue weighted by atomic mass is 35.5. The lowest BCUT2D eigenvalue weighted by Gasteiger charge is -2.29. The van der Waals surface area contributed by atoms with E-state index in [1.54, 1.807) is 0 Å². The van der Waals surface area contributed by atoms with Gasteiger partial charge >= 0.3 is 0 Å². The van der Waals surface area contributed by atoms with Gasteiger partial charge < -0.3 is 10.6 Å². The lowest BCUT2D eigenvalue weighted by Crippen LogP contribution is -2.38. The van der Waals surface area contributed by atoms with Crippen LogP contribution in [0.5, 0.6) is 0 Å². The van der Waals surface area contributed by atoms with Gasteiger partial charge in [0.25, 0.3) is 5.91 Å². The van der Waals surface area contributed by atoms with Gasteiger partial charge in [-0.2, -0.15) is 5.10 Å². The molecule has 2 heterocycles. The van der Waals surface area contributed by atoms with Crippen molar-refractivity contribution in [2.45, 2.75) is 50.6 Å². The fraction of sp³-hybridized carbons (Fsp3) is 0.474. The molecule has 1 aromatic heterocycles. The van der Waals surface area contributed by atoms with Gasteiger partial charge in [-0.1, -0.05) is 30.3 Å². The molecule has 6 heteroatoms. The molecule has 1 fully saturated rings. The van der Waals surface area contributed by atoms with Gasteiger partial charge in [-0.25, -0.2) is 0 Å². The summed E-state index contributed by atoms with van der Waals surface area (Å²) in [5, 5.41) is 13.8. The van der Waals surface area contributed by atoms with Crippen LogP contribution < -0.4 is 10.6 Å². The monoisotopic (exact) mass is 360 g/mol. The molecule has 3 N–H and O–H groups in total. The Morgan fingerprint density at radius 3 is 2.64 bits per heavy atom. The summed E-state index contributed by atoms with van der Waals surface area (Å²) < 4.78 is 0. The molecule has 134 valence electrons. The number of rotatable bonds is 3. The quantitative estimate of drug-likeness (QED) is 0.788. The number of H-pyrrole nitrogens is 1. The minimum Gasteiger partial charge on any atom is -0.348 e. The summed E-state index contributed by atoms with van der Waals surface area (Å²) >= 11 is 0. The molecule has 4 rings (SSSR count). The molecule has 1 aliphatic heterocycles. The molecule has 0 atom stereocenters. The lowest BCUT2D eigenvalue weighted by atomic mass is 9.82. The van der Waals surface area contributed by atoms with Crippen LogP contribution in [0.3, 0.4) is 0 Å². The van der Waals surface area contributed by atoms with Crippen molar-refractivity contribution in [3.8, 4) is 0 Å². The van der Waals surface area contributed by atoms with Crippen molar-refractivity contribution >= 4 is 18.3 Å². The van der Waals surface area contributed by atoms with E-state index in [-0.39, 0.29) is 24.4 Å². The van der Waals surface area contributed by atoms with Gasteiger partial charge in [0.1, 0.15) is 0 Å². The number of fused-ring (bicyclic) bond motifs is 1. The van der Waals surface area contributed by atoms with E-state index >= 15 is 0 Å². The Balaban J connectivity index is 0.00000182. The Morgan fingerprint density at radius 1 is 1.12 bits per heavy atom. The number of nitrogens with zero attached hydrogens (tertiary/aromatic N) is 1. The number of carbonyl (C=O) groups is 1. The molecule has 0 bridgehead atoms. The average molecular weight is 361 g/mol. The molecule has 1 aromatic carbocycles. The summed E-state index contributed by atoms with van der Waals surface area (Å²) in [7, 11) is 0. The van der Waals surface area contributed by atoms with Crippen LogP contribution in [0, 0.1) is 0 Å². The van der Waals surface area contributed by atoms with E-state index < -0.39 is 0 Å². The second kappa shape index (κ2) is 8.02. The number of benzene rings is 1. The molecule has 2 aliphatic rings. The van der Waals surface area contributed by atoms with Crippen molar-refractivity contribution < 1.29 is 4.79 Å². The van der Waals surface area contributed by atoms with E-state index in [1.165, 1.54) is 5.56 Å². The highest BCUT2D eigenvalue weighted by Crippen LogP contribution is 2.32. The molecule has 25 heavy (non-hydrogen) atoms. The summed E-state index contributed by atoms with van der Waals surface area (Å²) in [5.41, 5.74) is 4.14. The molecule has 0 saturated heterocycles. The van der Waals surface area contributed by atoms with E-state index in [2.05, 4.69) is 51.2 Å². The van der Waals surface area contributed by atoms with E-state index in [1.807, 2.05) is 0 Å². The normalized spacial score (nSPS) is 22.6. The highest BCUT2D eigenvalue weighted by Gasteiger charge is 2.26. The number of hydrogen-bond donors (Lipinski definition) is 3. The molecule has 2 aromatic rings. The number of amides is 1. The number of hydrogen-bond acceptors (Lipinski definition) is 3. The van der Waals surface area contributed by atoms with E-state index in [0.717, 1.165) is 56.5 Å². The first-order valence-corrected chi connectivity index (χ1v) is 8.94. The Bertz CT molecular complexity index is 707. The molecule has 1 saturated carbocycles. The number of aromatic nitrogens is 2. The third kappa shape index (κ3) is 3.88. The van der Waals surface area contributed by atoms with Gasteiger partial charge in [-0.3, -0.25) is 9.89 Å². The fourth-order valence-corrected chi connectivity index (χ4v) is 3.96. The van der Waals surface area contributed by atoms with Crippen molar-refractivity contribution in [3.63, 3.8) is 0 Å². The summed E-state index contributed by atoms with van der Waals surface area (Å²) in [6, 6.07) is 11.0. The number of aromatic amines is 1. The maximum Gasteiger partial charge on any atom is 0.272 e. The zero-order valence-corrected chi connectivity index (χ0v) is 15.1. The molecule has 0 unspecified atom stereocenters. The Kier molecular flexibility index (Phi) is 5.76. The second-order valence-electron chi connectivity index (χ2n) is 6.89. The Labute approximate surface area is 154 Å². The molecular weight excluding hydrogens is 336 g/mol. The summed E-state index contributed by atoms with van der Waals surface area (Å²) in [6.45, 7) is 1.68. The Hall–Kier alpha value is -1.85. The van der Waals surface area contributed by atoms with Crippen LogP contribution in [0.2, 0.25) is 0 Å². The first-order chi connectivity index (χ1) is 11.8. The third-order valence-electron chi connectivity index (χ3n) is 5.35. The number of nitrogens with one attached hydrogen (secondary N) is 3. The van der Waals surface area contributed by atoms with Gasteiger partial charge in [0, 0.05) is 36.8 Å². The fourth-order valence-electron chi connectivity index (χ4n) is 3.96. The first-order valence-electron chi connectivity index (χ1n) is 8.94. The minimum atomic E-state index is -0.0284. The van der Waals surface area contributed by atoms with Crippen molar-refractivity contribution in [1.82, 2.24) is 20.8 Å². The predicted octanol–water partition coefficient (Wildman–Crippen LogP) is 2.93. The topological polar surface area (TPSA) is 69.8 Å². The molecule has 1 aliphatic carbocycles. The van der Waals surface area contributed by atoms with Crippen LogP contribution in [-0.2, 0) is 13.0 Å². The van der Waals surface area contributed by atoms with E-state index in [0.29, 0.717) is 11.6 Å². The smallest absolute Gasteiger partial charge is 0.272 e. The van der Waals surface area contributed by atoms with Crippen LogP contribution in [0.1, 0.15) is 58.9 Å². The molecule has 0 spiro atoms. The van der Waals surface area contributed by atoms with Crippen molar-refractivity contribution in [2.24, 2.45) is 0 Å². The van der Waals surface area contributed by atoms with Gasteiger partial charge in [0.2, 0.25) is 0 Å². The average Bonchev–Trinajstić information content (AvgIpc) is 3.07. The van der Waals surface area contributed by atoms with E-state index in [4.69, 9.17) is 0 Å². The van der Waals surface area contributed by atoms with Crippen molar-refractivity contribution in [3.05, 3.63) is 52.8 Å². The second-order valence-corrected chi connectivity index (χ2v) is 6.89. The minimum absolute atomic E-state index is 0. The first kappa shape index (κ1) is 18.0. The third-order valence-corrected chi connectivity index (χ3v) is 5.35. The summed E-state index contributed by atoms with van der Waals surface area (Å²) in [6.07, 6.45) is 5.26. The lowest BCUT2D eigenvalue weighted by molar-refractivity contribution is 0.0919. The van der Waals surface area contributed by atoms with Crippen LogP contribution in [0.4, 0.5) is 0 Å². The van der Waals surface area contributed by atoms with Crippen LogP contribution in [-0.4, -0.2) is 28.7 Å². The van der Waals surface area contributed by atoms with E-state index in [9.17, 15) is 4.79 Å². The largest absolute Gasteiger partial charge is 0.348 e. The SMILES string of the molecule is Cl.O=C(NC1CCC(c2ccccc2)CC1)c1n[nH]c2c1CNCC2. The standard InChI is InChI=1S/C19H24N4O.ClH/c24-19(18-16-12-20-11-10-17(16)22-23-18)21-15-8-6-14(7-9-15)13-4-2-1-3-5-13;/h1-5,14-15,20H,6-12H2,(H,21,24)(H,22,23);1H. The van der Waals surface area contributed by atoms with Gasteiger partial charge in [-0.15, -0.1) is 12.4 Å². The molecule has 1 amide bonds. The summed E-state index contributed by atoms with van der Waals surface area (Å²) in [4.78, 5) is 12.6. The zero-order valence-electron chi connectivity index (χ0n) is 14.3.